The van der Waals surface area contributed by atoms with Crippen LogP contribution >= 0.6 is 0 Å². The van der Waals surface area contributed by atoms with Crippen LogP contribution in [0.2, 0.25) is 0 Å². The second-order valence-corrected chi connectivity index (χ2v) is 17.2. The highest BCUT2D eigenvalue weighted by Crippen LogP contribution is 2.76. The van der Waals surface area contributed by atoms with E-state index < -0.39 is 11.8 Å². The number of carboxylic acid groups (broad SMARTS) is 1. The normalized spacial score (nSPS) is 40.9. The predicted octanol–water partition coefficient (Wildman–Crippen LogP) is 8.85. The Hall–Kier alpha value is -2.02. The minimum absolute atomic E-state index is 0.110. The molecule has 1 aliphatic heterocycles. The summed E-state index contributed by atoms with van der Waals surface area (Å²) >= 11 is 0. The minimum Gasteiger partial charge on any atom is -0.478 e. The number of nitrogens with one attached hydrogen (secondary N) is 1. The van der Waals surface area contributed by atoms with Crippen molar-refractivity contribution in [3.8, 4) is 0 Å². The van der Waals surface area contributed by atoms with Crippen LogP contribution in [0.25, 0.3) is 5.57 Å². The van der Waals surface area contributed by atoms with Gasteiger partial charge in [0.2, 0.25) is 0 Å². The van der Waals surface area contributed by atoms with Crippen molar-refractivity contribution in [3.05, 3.63) is 54.4 Å². The predicted molar refractivity (Wildman–Crippen MR) is 189 cm³/mol. The highest BCUT2D eigenvalue weighted by molar-refractivity contribution is 5.88. The monoisotopic (exact) mass is 648 g/mol. The van der Waals surface area contributed by atoms with E-state index in [0.717, 1.165) is 63.2 Å². The maximum Gasteiger partial charge on any atom is 0.338 e. The van der Waals surface area contributed by atoms with Crippen molar-refractivity contribution >= 4 is 11.5 Å². The number of allylic oxidation sites excluding steroid dienone is 2. The Labute approximate surface area is 283 Å². The van der Waals surface area contributed by atoms with Crippen LogP contribution in [0.5, 0.6) is 0 Å². The zero-order valence-corrected chi connectivity index (χ0v) is 29.9. The molecule has 5 nitrogen and oxygen atoms in total. The van der Waals surface area contributed by atoms with Gasteiger partial charge in [-0.3, -0.25) is 4.90 Å². The third-order valence-electron chi connectivity index (χ3n) is 15.5. The van der Waals surface area contributed by atoms with Crippen LogP contribution < -0.4 is 5.32 Å². The van der Waals surface area contributed by atoms with Gasteiger partial charge in [-0.2, -0.15) is 0 Å². The second kappa shape index (κ2) is 12.7. The fourth-order valence-electron chi connectivity index (χ4n) is 13.1. The first-order valence-corrected chi connectivity index (χ1v) is 18.6. The van der Waals surface area contributed by atoms with Crippen molar-refractivity contribution in [2.24, 2.45) is 45.3 Å². The van der Waals surface area contributed by atoms with Gasteiger partial charge in [0.05, 0.1) is 18.8 Å². The van der Waals surface area contributed by atoms with Crippen molar-refractivity contribution in [2.45, 2.75) is 104 Å². The second-order valence-electron chi connectivity index (χ2n) is 17.2. The molecule has 1 aromatic carbocycles. The zero-order valence-electron chi connectivity index (χ0n) is 29.9. The summed E-state index contributed by atoms with van der Waals surface area (Å²) in [6, 6.07) is 4.73. The summed E-state index contributed by atoms with van der Waals surface area (Å²) in [5, 5.41) is 13.6. The fraction of sp³-hybridized carbons (Fsp3) is 0.732. The standard InChI is InChI=1S/C39H57FN2O3.C2H4/c1-35(2)28(26-8-9-27(34(43)44)31(40)25-26)12-15-36(3)32(35)13-16-38(5)33(36)11-10-29-30-7-6-14-39(30,18-17-37(29,38)4)41-19-20-42-21-23-45-24-22-42;1-2/h8-9,12,25,29-30,32-33,41H,6-7,10-11,13-24H2,1-5H3,(H,43,44);1-2H2/t29?,30?,32?,33?,36?,37-,38?,39?;/m1./s1. The molecule has 5 fully saturated rings. The van der Waals surface area contributed by atoms with Gasteiger partial charge in [-0.1, -0.05) is 53.2 Å². The number of hydrogen-bond donors (Lipinski definition) is 2. The van der Waals surface area contributed by atoms with E-state index in [4.69, 9.17) is 4.74 Å². The van der Waals surface area contributed by atoms with Crippen LogP contribution in [0.4, 0.5) is 4.39 Å². The lowest BCUT2D eigenvalue weighted by atomic mass is 9.33. The maximum absolute atomic E-state index is 14.8. The Morgan fingerprint density at radius 3 is 2.40 bits per heavy atom. The number of halogens is 1. The van der Waals surface area contributed by atoms with E-state index in [1.165, 1.54) is 75.5 Å². The molecule has 6 heteroatoms. The van der Waals surface area contributed by atoms with Gasteiger partial charge in [0.15, 0.2) is 0 Å². The van der Waals surface area contributed by atoms with Crippen LogP contribution in [0.15, 0.2) is 37.4 Å². The molecule has 8 atom stereocenters. The SMILES string of the molecule is C=C.CC1(C)C(c2ccc(C(=O)O)c(F)c2)=CCC2(C)C1CCC1(C)C2CCC2C3CCCC3(NCCN3CCOCC3)CC[C@]21C. The van der Waals surface area contributed by atoms with Gasteiger partial charge in [-0.25, -0.2) is 9.18 Å². The molecule has 0 spiro atoms. The molecular formula is C41H61FN2O3. The summed E-state index contributed by atoms with van der Waals surface area (Å²) in [7, 11) is 0. The fourth-order valence-corrected chi connectivity index (χ4v) is 13.1. The number of fused-ring (bicyclic) bond motifs is 7. The average Bonchev–Trinajstić information content (AvgIpc) is 3.46. The molecule has 7 unspecified atom stereocenters. The Morgan fingerprint density at radius 1 is 0.957 bits per heavy atom. The molecular weight excluding hydrogens is 587 g/mol. The minimum atomic E-state index is -1.21. The third-order valence-corrected chi connectivity index (χ3v) is 15.5. The molecule has 260 valence electrons. The summed E-state index contributed by atoms with van der Waals surface area (Å²) < 4.78 is 20.4. The molecule has 1 saturated heterocycles. The van der Waals surface area contributed by atoms with Crippen LogP contribution in [0, 0.1) is 51.1 Å². The van der Waals surface area contributed by atoms with Gasteiger partial charge >= 0.3 is 5.97 Å². The molecule has 2 N–H and O–H groups in total. The molecule has 7 rings (SSSR count). The van der Waals surface area contributed by atoms with E-state index in [2.05, 4.69) is 64.1 Å². The lowest BCUT2D eigenvalue weighted by molar-refractivity contribution is -0.217. The van der Waals surface area contributed by atoms with Gasteiger partial charge in [-0.15, -0.1) is 13.2 Å². The van der Waals surface area contributed by atoms with Crippen molar-refractivity contribution in [1.29, 1.82) is 0 Å². The third kappa shape index (κ3) is 5.38. The number of carbonyl (C=O) groups is 1. The van der Waals surface area contributed by atoms with Crippen molar-refractivity contribution in [2.75, 3.05) is 39.4 Å². The molecule has 5 aliphatic carbocycles. The number of ether oxygens (including phenoxy) is 1. The first kappa shape index (κ1) is 34.8. The molecule has 0 bridgehead atoms. The first-order valence-electron chi connectivity index (χ1n) is 18.6. The number of carboxylic acids is 1. The highest BCUT2D eigenvalue weighted by Gasteiger charge is 2.69. The molecule has 0 aromatic heterocycles. The Bertz CT molecular complexity index is 1370. The average molecular weight is 649 g/mol. The van der Waals surface area contributed by atoms with Gasteiger partial charge < -0.3 is 15.2 Å². The van der Waals surface area contributed by atoms with Gasteiger partial charge in [0.1, 0.15) is 5.82 Å². The largest absolute Gasteiger partial charge is 0.478 e. The van der Waals surface area contributed by atoms with Crippen molar-refractivity contribution in [1.82, 2.24) is 10.2 Å². The topological polar surface area (TPSA) is 61.8 Å². The van der Waals surface area contributed by atoms with Gasteiger partial charge in [-0.05, 0) is 126 Å². The summed E-state index contributed by atoms with van der Waals surface area (Å²) in [6.45, 7) is 24.9. The quantitative estimate of drug-likeness (QED) is 0.302. The first-order chi connectivity index (χ1) is 22.4. The number of morpholine rings is 1. The van der Waals surface area contributed by atoms with Crippen LogP contribution in [0.3, 0.4) is 0 Å². The van der Waals surface area contributed by atoms with E-state index in [-0.39, 0.29) is 16.4 Å². The van der Waals surface area contributed by atoms with Crippen LogP contribution in [-0.4, -0.2) is 60.9 Å². The number of aromatic carboxylic acids is 1. The summed E-state index contributed by atoms with van der Waals surface area (Å²) in [5.41, 5.74) is 2.90. The smallest absolute Gasteiger partial charge is 0.338 e. The summed E-state index contributed by atoms with van der Waals surface area (Å²) in [6.07, 6.45) is 15.4. The Morgan fingerprint density at radius 2 is 1.70 bits per heavy atom. The molecule has 47 heavy (non-hydrogen) atoms. The summed E-state index contributed by atoms with van der Waals surface area (Å²) in [5.74, 6) is 0.938. The number of hydrogen-bond acceptors (Lipinski definition) is 4. The lowest BCUT2D eigenvalue weighted by Gasteiger charge is -2.72. The van der Waals surface area contributed by atoms with E-state index >= 15 is 0 Å². The molecule has 0 amide bonds. The van der Waals surface area contributed by atoms with E-state index in [9.17, 15) is 14.3 Å². The molecule has 6 aliphatic rings. The van der Waals surface area contributed by atoms with Crippen LogP contribution in [0.1, 0.15) is 115 Å². The Balaban J connectivity index is 0.00000190. The Kier molecular flexibility index (Phi) is 9.41. The maximum atomic E-state index is 14.8. The van der Waals surface area contributed by atoms with Crippen LogP contribution in [-0.2, 0) is 4.74 Å². The number of nitrogens with zero attached hydrogens (tertiary/aromatic N) is 1. The van der Waals surface area contributed by atoms with E-state index in [0.29, 0.717) is 28.2 Å². The van der Waals surface area contributed by atoms with Crippen molar-refractivity contribution < 1.29 is 19.0 Å². The van der Waals surface area contributed by atoms with E-state index in [1.54, 1.807) is 0 Å². The zero-order chi connectivity index (χ0) is 33.8. The molecule has 4 saturated carbocycles. The van der Waals surface area contributed by atoms with Gasteiger partial charge in [0.25, 0.3) is 0 Å². The lowest BCUT2D eigenvalue weighted by Crippen LogP contribution is -2.67. The number of benzene rings is 1. The highest BCUT2D eigenvalue weighted by atomic mass is 19.1. The van der Waals surface area contributed by atoms with E-state index in [1.807, 2.05) is 6.07 Å². The molecule has 0 radical (unpaired) electrons. The number of rotatable bonds is 6. The summed E-state index contributed by atoms with van der Waals surface area (Å²) in [4.78, 5) is 14.1. The van der Waals surface area contributed by atoms with Crippen molar-refractivity contribution in [3.63, 3.8) is 0 Å². The molecule has 1 aromatic rings. The molecule has 1 heterocycles. The van der Waals surface area contributed by atoms with Gasteiger partial charge in [0, 0.05) is 31.7 Å².